The summed E-state index contributed by atoms with van der Waals surface area (Å²) in [7, 11) is 0. The minimum atomic E-state index is -0.304. The molecule has 22 heavy (non-hydrogen) atoms. The summed E-state index contributed by atoms with van der Waals surface area (Å²) in [5.74, 6) is 0.840. The number of ether oxygens (including phenoxy) is 1. The predicted octanol–water partition coefficient (Wildman–Crippen LogP) is 5.32. The minimum absolute atomic E-state index is 0.304. The van der Waals surface area contributed by atoms with Gasteiger partial charge in [0.1, 0.15) is 5.75 Å². The molecule has 0 spiro atoms. The average molecular weight is 315 g/mol. The highest BCUT2D eigenvalue weighted by Crippen LogP contribution is 2.12. The summed E-state index contributed by atoms with van der Waals surface area (Å²) in [5, 5.41) is 0. The number of carbonyl (C=O) groups excluding carboxylic acids is 1. The van der Waals surface area contributed by atoms with Crippen LogP contribution in [0.2, 0.25) is 0 Å². The topological polar surface area (TPSA) is 26.3 Å². The molecule has 0 heterocycles. The molecule has 2 rings (SSSR count). The maximum absolute atomic E-state index is 10.5. The van der Waals surface area contributed by atoms with Crippen molar-refractivity contribution in [1.29, 1.82) is 0 Å². The highest BCUT2D eigenvalue weighted by atomic mass is 35.5. The van der Waals surface area contributed by atoms with Crippen molar-refractivity contribution in [3.63, 3.8) is 0 Å². The van der Waals surface area contributed by atoms with E-state index >= 15 is 0 Å². The van der Waals surface area contributed by atoms with Gasteiger partial charge in [-0.15, -0.1) is 11.6 Å². The van der Waals surface area contributed by atoms with Gasteiger partial charge in [0.05, 0.1) is 0 Å². The number of carbonyl (C=O) groups is 1. The fourth-order valence-electron chi connectivity index (χ4n) is 1.58. The second-order valence-corrected chi connectivity index (χ2v) is 4.71. The molecule has 3 heteroatoms. The zero-order valence-corrected chi connectivity index (χ0v) is 13.3. The normalized spacial score (nSPS) is 9.18. The Balaban J connectivity index is 0.000000224. The minimum Gasteiger partial charge on any atom is -0.427 e. The van der Waals surface area contributed by atoms with Gasteiger partial charge in [-0.25, -0.2) is 0 Å². The van der Waals surface area contributed by atoms with E-state index in [2.05, 4.69) is 13.2 Å². The smallest absolute Gasteiger partial charge is 0.308 e. The number of rotatable bonds is 4. The Labute approximate surface area is 136 Å². The monoisotopic (exact) mass is 314 g/mol. The summed E-state index contributed by atoms with van der Waals surface area (Å²) in [6.07, 6.45) is 3.55. The molecule has 0 saturated heterocycles. The van der Waals surface area contributed by atoms with Crippen LogP contribution in [0.25, 0.3) is 12.2 Å². The van der Waals surface area contributed by atoms with E-state index in [9.17, 15) is 4.79 Å². The summed E-state index contributed by atoms with van der Waals surface area (Å²) in [4.78, 5) is 10.5. The van der Waals surface area contributed by atoms with Gasteiger partial charge >= 0.3 is 5.97 Å². The van der Waals surface area contributed by atoms with Crippen LogP contribution in [0.4, 0.5) is 0 Å². The lowest BCUT2D eigenvalue weighted by Gasteiger charge is -1.99. The molecular formula is C19H19ClO2. The van der Waals surface area contributed by atoms with Crippen LogP contribution >= 0.6 is 11.6 Å². The molecule has 0 aliphatic rings. The standard InChI is InChI=1S/C10H10O2.C9H9Cl/c1-3-9-4-6-10(7-5-9)12-8(2)11;1-2-8-3-5-9(7-10)6-4-8/h3-7H,1H2,2H3;2-6H,1,7H2. The number of hydrogen-bond donors (Lipinski definition) is 0. The van der Waals surface area contributed by atoms with Crippen LogP contribution in [0.1, 0.15) is 23.6 Å². The maximum atomic E-state index is 10.5. The molecule has 0 unspecified atom stereocenters. The summed E-state index contributed by atoms with van der Waals surface area (Å²) in [6, 6.07) is 15.2. The zero-order valence-electron chi connectivity index (χ0n) is 12.6. The van der Waals surface area contributed by atoms with Gasteiger partial charge in [-0.2, -0.15) is 0 Å². The van der Waals surface area contributed by atoms with Crippen molar-refractivity contribution in [2.45, 2.75) is 12.8 Å². The zero-order chi connectivity index (χ0) is 16.4. The number of benzene rings is 2. The van der Waals surface area contributed by atoms with Gasteiger partial charge in [0.2, 0.25) is 0 Å². The van der Waals surface area contributed by atoms with E-state index < -0.39 is 0 Å². The summed E-state index contributed by atoms with van der Waals surface area (Å²) >= 11 is 5.60. The molecule has 0 amide bonds. The van der Waals surface area contributed by atoms with Crippen molar-refractivity contribution in [1.82, 2.24) is 0 Å². The summed E-state index contributed by atoms with van der Waals surface area (Å²) < 4.78 is 4.84. The van der Waals surface area contributed by atoms with E-state index in [0.717, 1.165) is 16.7 Å². The Bertz CT molecular complexity index is 613. The van der Waals surface area contributed by atoms with E-state index in [1.807, 2.05) is 42.5 Å². The van der Waals surface area contributed by atoms with Crippen molar-refractivity contribution >= 4 is 29.7 Å². The first-order chi connectivity index (χ1) is 10.6. The maximum Gasteiger partial charge on any atom is 0.308 e. The molecule has 0 aliphatic carbocycles. The number of hydrogen-bond acceptors (Lipinski definition) is 2. The molecule has 0 fully saturated rings. The van der Waals surface area contributed by atoms with E-state index in [0.29, 0.717) is 11.6 Å². The van der Waals surface area contributed by atoms with E-state index in [-0.39, 0.29) is 5.97 Å². The third-order valence-corrected chi connectivity index (χ3v) is 3.06. The first kappa shape index (κ1) is 17.7. The van der Waals surface area contributed by atoms with Gasteiger partial charge in [-0.1, -0.05) is 61.7 Å². The Morgan fingerprint density at radius 2 is 1.45 bits per heavy atom. The molecule has 0 bridgehead atoms. The van der Waals surface area contributed by atoms with Crippen LogP contribution < -0.4 is 4.74 Å². The third kappa shape index (κ3) is 6.42. The lowest BCUT2D eigenvalue weighted by atomic mass is 10.1. The first-order valence-electron chi connectivity index (χ1n) is 6.77. The fraction of sp³-hybridized carbons (Fsp3) is 0.105. The average Bonchev–Trinajstić information content (AvgIpc) is 2.55. The predicted molar refractivity (Wildman–Crippen MR) is 93.9 cm³/mol. The van der Waals surface area contributed by atoms with Crippen LogP contribution in [0.3, 0.4) is 0 Å². The molecular weight excluding hydrogens is 296 g/mol. The van der Waals surface area contributed by atoms with Gasteiger partial charge in [-0.05, 0) is 28.8 Å². The highest BCUT2D eigenvalue weighted by Gasteiger charge is 1.95. The molecule has 0 aromatic heterocycles. The van der Waals surface area contributed by atoms with Gasteiger partial charge in [-0.3, -0.25) is 4.79 Å². The van der Waals surface area contributed by atoms with E-state index in [4.69, 9.17) is 16.3 Å². The number of alkyl halides is 1. The van der Waals surface area contributed by atoms with Crippen molar-refractivity contribution in [3.8, 4) is 5.75 Å². The highest BCUT2D eigenvalue weighted by molar-refractivity contribution is 6.17. The van der Waals surface area contributed by atoms with E-state index in [1.54, 1.807) is 18.2 Å². The molecule has 0 atom stereocenters. The molecule has 0 aliphatic heterocycles. The fourth-order valence-corrected chi connectivity index (χ4v) is 1.76. The molecule has 2 aromatic carbocycles. The largest absolute Gasteiger partial charge is 0.427 e. The molecule has 0 N–H and O–H groups in total. The van der Waals surface area contributed by atoms with Crippen LogP contribution in [0.15, 0.2) is 61.7 Å². The summed E-state index contributed by atoms with van der Waals surface area (Å²) in [5.41, 5.74) is 3.28. The van der Waals surface area contributed by atoms with Crippen LogP contribution in [0, 0.1) is 0 Å². The lowest BCUT2D eigenvalue weighted by Crippen LogP contribution is -2.00. The van der Waals surface area contributed by atoms with Crippen molar-refractivity contribution in [3.05, 3.63) is 78.4 Å². The Kier molecular flexibility index (Phi) is 7.73. The van der Waals surface area contributed by atoms with Crippen molar-refractivity contribution in [2.24, 2.45) is 0 Å². The second-order valence-electron chi connectivity index (χ2n) is 4.45. The second kappa shape index (κ2) is 9.59. The molecule has 2 aromatic rings. The number of esters is 1. The van der Waals surface area contributed by atoms with Crippen LogP contribution in [0.5, 0.6) is 5.75 Å². The molecule has 0 radical (unpaired) electrons. The third-order valence-electron chi connectivity index (χ3n) is 2.75. The van der Waals surface area contributed by atoms with Gasteiger partial charge in [0, 0.05) is 12.8 Å². The van der Waals surface area contributed by atoms with Crippen molar-refractivity contribution < 1.29 is 9.53 Å². The quantitative estimate of drug-likeness (QED) is 0.433. The number of halogens is 1. The van der Waals surface area contributed by atoms with Gasteiger partial charge in [0.15, 0.2) is 0 Å². The molecule has 114 valence electrons. The lowest BCUT2D eigenvalue weighted by molar-refractivity contribution is -0.131. The van der Waals surface area contributed by atoms with Crippen LogP contribution in [-0.4, -0.2) is 5.97 Å². The van der Waals surface area contributed by atoms with E-state index in [1.165, 1.54) is 6.92 Å². The Morgan fingerprint density at radius 3 is 1.82 bits per heavy atom. The first-order valence-corrected chi connectivity index (χ1v) is 7.30. The van der Waals surface area contributed by atoms with Gasteiger partial charge in [0.25, 0.3) is 0 Å². The Morgan fingerprint density at radius 1 is 1.00 bits per heavy atom. The van der Waals surface area contributed by atoms with Gasteiger partial charge < -0.3 is 4.74 Å². The Hall–Kier alpha value is -2.32. The molecule has 0 saturated carbocycles. The molecule has 2 nitrogen and oxygen atoms in total. The van der Waals surface area contributed by atoms with Crippen LogP contribution in [-0.2, 0) is 10.7 Å². The SMILES string of the molecule is C=Cc1ccc(CCl)cc1.C=Cc1ccc(OC(C)=O)cc1. The van der Waals surface area contributed by atoms with Crippen molar-refractivity contribution in [2.75, 3.05) is 0 Å². The summed E-state index contributed by atoms with van der Waals surface area (Å²) in [6.45, 7) is 8.64.